The fourth-order valence-corrected chi connectivity index (χ4v) is 4.07. The monoisotopic (exact) mass is 380 g/mol. The maximum Gasteiger partial charge on any atom is 0.163 e. The summed E-state index contributed by atoms with van der Waals surface area (Å²) < 4.78 is 5.78. The normalized spacial score (nSPS) is 24.2. The summed E-state index contributed by atoms with van der Waals surface area (Å²) in [5.41, 5.74) is 4.08. The molecular formula is C23H21ClO3. The third-order valence-corrected chi connectivity index (χ3v) is 5.63. The molecule has 138 valence electrons. The van der Waals surface area contributed by atoms with E-state index in [2.05, 4.69) is 0 Å². The summed E-state index contributed by atoms with van der Waals surface area (Å²) in [6.07, 6.45) is 4.60. The largest absolute Gasteiger partial charge is 0.511 e. The van der Waals surface area contributed by atoms with Crippen molar-refractivity contribution in [3.8, 4) is 11.1 Å². The first kappa shape index (κ1) is 18.0. The standard InChI is InChI=1S/C23H21ClO3/c1-13-3-4-16(15-5-7-17(24)8-6-15)11-19(13)22(14(2)25)23(26)20-12-18-9-10-21(20)27-18/h3-11,18,20-21,26H,12H2,1-2H3/t18-,20-,21+/m1/s1. The number of aliphatic hydroxyl groups is 1. The Kier molecular flexibility index (Phi) is 4.67. The van der Waals surface area contributed by atoms with Crippen molar-refractivity contribution in [1.29, 1.82) is 0 Å². The van der Waals surface area contributed by atoms with Gasteiger partial charge in [-0.25, -0.2) is 0 Å². The number of ketones is 1. The first-order valence-electron chi connectivity index (χ1n) is 9.09. The highest BCUT2D eigenvalue weighted by Gasteiger charge is 2.40. The number of halogens is 1. The van der Waals surface area contributed by atoms with Gasteiger partial charge in [-0.2, -0.15) is 0 Å². The van der Waals surface area contributed by atoms with Crippen molar-refractivity contribution in [2.75, 3.05) is 0 Å². The highest BCUT2D eigenvalue weighted by molar-refractivity contribution is 6.30. The van der Waals surface area contributed by atoms with E-state index in [1.54, 1.807) is 0 Å². The van der Waals surface area contributed by atoms with E-state index in [9.17, 15) is 9.90 Å². The molecule has 0 amide bonds. The zero-order chi connectivity index (χ0) is 19.1. The predicted octanol–water partition coefficient (Wildman–Crippen LogP) is 5.52. The third kappa shape index (κ3) is 3.33. The third-order valence-electron chi connectivity index (χ3n) is 5.37. The molecule has 3 nitrogen and oxygen atoms in total. The van der Waals surface area contributed by atoms with Crippen LogP contribution in [-0.2, 0) is 9.53 Å². The number of Topliss-reactive ketones (excluding diaryl/α,β-unsaturated/α-hetero) is 1. The second kappa shape index (κ2) is 6.99. The van der Waals surface area contributed by atoms with Crippen molar-refractivity contribution in [2.24, 2.45) is 5.92 Å². The Bertz CT molecular complexity index is 956. The van der Waals surface area contributed by atoms with Crippen LogP contribution in [0.25, 0.3) is 16.7 Å². The average Bonchev–Trinajstić information content (AvgIpc) is 3.27. The molecule has 2 heterocycles. The van der Waals surface area contributed by atoms with Crippen LogP contribution in [0.2, 0.25) is 5.02 Å². The molecule has 1 saturated heterocycles. The van der Waals surface area contributed by atoms with E-state index in [4.69, 9.17) is 16.3 Å². The predicted molar refractivity (Wildman–Crippen MR) is 108 cm³/mol. The number of aliphatic hydroxyl groups excluding tert-OH is 1. The van der Waals surface area contributed by atoms with E-state index in [1.807, 2.05) is 61.5 Å². The molecule has 2 bridgehead atoms. The Morgan fingerprint density at radius 3 is 2.41 bits per heavy atom. The number of benzene rings is 2. The topological polar surface area (TPSA) is 46.5 Å². The Balaban J connectivity index is 1.80. The minimum absolute atomic E-state index is 0.0388. The van der Waals surface area contributed by atoms with Crippen LogP contribution in [0.4, 0.5) is 0 Å². The molecule has 4 heteroatoms. The number of allylic oxidation sites excluding steroid dienone is 1. The minimum atomic E-state index is -0.169. The first-order chi connectivity index (χ1) is 12.9. The van der Waals surface area contributed by atoms with Gasteiger partial charge < -0.3 is 9.84 Å². The Labute approximate surface area is 163 Å². The molecule has 27 heavy (non-hydrogen) atoms. The van der Waals surface area contributed by atoms with Crippen LogP contribution in [0.5, 0.6) is 0 Å². The van der Waals surface area contributed by atoms with Gasteiger partial charge in [-0.05, 0) is 60.7 Å². The zero-order valence-corrected chi connectivity index (χ0v) is 16.0. The summed E-state index contributed by atoms with van der Waals surface area (Å²) in [6, 6.07) is 13.5. The number of hydrogen-bond acceptors (Lipinski definition) is 3. The molecule has 2 aliphatic rings. The van der Waals surface area contributed by atoms with Crippen LogP contribution in [0.15, 0.2) is 60.4 Å². The number of carbonyl (C=O) groups is 1. The fourth-order valence-electron chi connectivity index (χ4n) is 3.95. The van der Waals surface area contributed by atoms with Crippen LogP contribution >= 0.6 is 11.6 Å². The SMILES string of the molecule is CC(=O)C(=C(O)[C@@H]1C[C@H]2C=C[C@@H]1O2)c1cc(-c2ccc(Cl)cc2)ccc1C. The summed E-state index contributed by atoms with van der Waals surface area (Å²) >= 11 is 5.99. The Hall–Kier alpha value is -2.36. The summed E-state index contributed by atoms with van der Waals surface area (Å²) in [6.45, 7) is 3.46. The molecule has 0 aromatic heterocycles. The lowest BCUT2D eigenvalue weighted by molar-refractivity contribution is -0.112. The minimum Gasteiger partial charge on any atom is -0.511 e. The summed E-state index contributed by atoms with van der Waals surface area (Å²) in [5.74, 6) is -0.177. The molecule has 1 N–H and O–H groups in total. The first-order valence-corrected chi connectivity index (χ1v) is 9.46. The van der Waals surface area contributed by atoms with Crippen LogP contribution in [0, 0.1) is 12.8 Å². The molecule has 2 aromatic carbocycles. The lowest BCUT2D eigenvalue weighted by atomic mass is 9.85. The molecule has 2 aromatic rings. The summed E-state index contributed by atoms with van der Waals surface area (Å²) in [4.78, 5) is 12.5. The fraction of sp³-hybridized carbons (Fsp3) is 0.261. The van der Waals surface area contributed by atoms with Gasteiger partial charge in [-0.1, -0.05) is 48.0 Å². The maximum atomic E-state index is 12.5. The van der Waals surface area contributed by atoms with Gasteiger partial charge in [0.25, 0.3) is 0 Å². The van der Waals surface area contributed by atoms with E-state index in [-0.39, 0.29) is 29.7 Å². The van der Waals surface area contributed by atoms with Crippen molar-refractivity contribution >= 4 is 23.0 Å². The molecule has 1 fully saturated rings. The van der Waals surface area contributed by atoms with Gasteiger partial charge >= 0.3 is 0 Å². The van der Waals surface area contributed by atoms with Gasteiger partial charge in [0.2, 0.25) is 0 Å². The van der Waals surface area contributed by atoms with Crippen molar-refractivity contribution in [3.05, 3.63) is 76.5 Å². The molecular weight excluding hydrogens is 360 g/mol. The van der Waals surface area contributed by atoms with Crippen molar-refractivity contribution < 1.29 is 14.6 Å². The average molecular weight is 381 g/mol. The summed E-state index contributed by atoms with van der Waals surface area (Å²) in [5, 5.41) is 11.7. The summed E-state index contributed by atoms with van der Waals surface area (Å²) in [7, 11) is 0. The second-order valence-corrected chi connectivity index (χ2v) is 7.66. The van der Waals surface area contributed by atoms with E-state index in [1.165, 1.54) is 6.92 Å². The molecule has 2 aliphatic heterocycles. The number of hydrogen-bond donors (Lipinski definition) is 1. The van der Waals surface area contributed by atoms with Gasteiger partial charge in [0.05, 0.1) is 17.8 Å². The van der Waals surface area contributed by atoms with Gasteiger partial charge in [-0.3, -0.25) is 4.79 Å². The molecule has 0 aliphatic carbocycles. The highest BCUT2D eigenvalue weighted by Crippen LogP contribution is 2.40. The van der Waals surface area contributed by atoms with Gasteiger partial charge in [0.1, 0.15) is 5.76 Å². The van der Waals surface area contributed by atoms with Crippen LogP contribution in [-0.4, -0.2) is 23.1 Å². The van der Waals surface area contributed by atoms with E-state index >= 15 is 0 Å². The van der Waals surface area contributed by atoms with Crippen molar-refractivity contribution in [1.82, 2.24) is 0 Å². The number of aryl methyl sites for hydroxylation is 1. The highest BCUT2D eigenvalue weighted by atomic mass is 35.5. The number of fused-ring (bicyclic) bond motifs is 2. The van der Waals surface area contributed by atoms with Crippen molar-refractivity contribution in [3.63, 3.8) is 0 Å². The lowest BCUT2D eigenvalue weighted by Gasteiger charge is -2.19. The van der Waals surface area contributed by atoms with E-state index < -0.39 is 0 Å². The second-order valence-electron chi connectivity index (χ2n) is 7.22. The van der Waals surface area contributed by atoms with Crippen molar-refractivity contribution in [2.45, 2.75) is 32.5 Å². The van der Waals surface area contributed by atoms with Crippen LogP contribution in [0.3, 0.4) is 0 Å². The van der Waals surface area contributed by atoms with Crippen LogP contribution < -0.4 is 0 Å². The molecule has 3 atom stereocenters. The van der Waals surface area contributed by atoms with Gasteiger partial charge in [0, 0.05) is 10.9 Å². The number of rotatable bonds is 4. The zero-order valence-electron chi connectivity index (χ0n) is 15.3. The molecule has 0 unspecified atom stereocenters. The van der Waals surface area contributed by atoms with Gasteiger partial charge in [0.15, 0.2) is 5.78 Å². The smallest absolute Gasteiger partial charge is 0.163 e. The molecule has 4 rings (SSSR count). The number of ether oxygens (including phenoxy) is 1. The molecule has 0 saturated carbocycles. The molecule has 0 radical (unpaired) electrons. The van der Waals surface area contributed by atoms with E-state index in [0.717, 1.165) is 22.3 Å². The lowest BCUT2D eigenvalue weighted by Crippen LogP contribution is -2.18. The van der Waals surface area contributed by atoms with Crippen LogP contribution in [0.1, 0.15) is 24.5 Å². The van der Waals surface area contributed by atoms with Gasteiger partial charge in [-0.15, -0.1) is 0 Å². The maximum absolute atomic E-state index is 12.5. The Morgan fingerprint density at radius 2 is 1.81 bits per heavy atom. The van der Waals surface area contributed by atoms with E-state index in [0.29, 0.717) is 17.0 Å². The number of carbonyl (C=O) groups excluding carboxylic acids is 1. The Morgan fingerprint density at radius 1 is 1.11 bits per heavy atom. The quantitative estimate of drug-likeness (QED) is 0.431. The molecule has 0 spiro atoms.